The van der Waals surface area contributed by atoms with Crippen molar-refractivity contribution in [2.75, 3.05) is 0 Å². The topological polar surface area (TPSA) is 67.8 Å². The van der Waals surface area contributed by atoms with E-state index in [9.17, 15) is 0 Å². The average molecular weight is 205 g/mol. The van der Waals surface area contributed by atoms with Gasteiger partial charge in [0.25, 0.3) is 0 Å². The number of nitrogens with zero attached hydrogens (tertiary/aromatic N) is 1. The molecule has 0 bridgehead atoms. The minimum atomic E-state index is -0.0151. The summed E-state index contributed by atoms with van der Waals surface area (Å²) in [6, 6.07) is 3.73. The van der Waals surface area contributed by atoms with Crippen LogP contribution in [0.5, 0.6) is 0 Å². The highest BCUT2D eigenvalue weighted by molar-refractivity contribution is 5.50. The standard InChI is InChI=1S/C11H15N3O/c1-2-4-8(12)11-13-7-9(14-11)10-5-3-6-15-10/h3,5-8H,2,4,12H2,1H3,(H,13,14). The second-order valence-electron chi connectivity index (χ2n) is 3.55. The highest BCUT2D eigenvalue weighted by atomic mass is 16.3. The smallest absolute Gasteiger partial charge is 0.151 e. The first-order valence-corrected chi connectivity index (χ1v) is 5.15. The Balaban J connectivity index is 2.17. The predicted molar refractivity (Wildman–Crippen MR) is 58.1 cm³/mol. The van der Waals surface area contributed by atoms with E-state index in [-0.39, 0.29) is 6.04 Å². The van der Waals surface area contributed by atoms with E-state index in [4.69, 9.17) is 10.2 Å². The molecule has 2 aromatic heterocycles. The summed E-state index contributed by atoms with van der Waals surface area (Å²) in [5.74, 6) is 1.61. The number of hydrogen-bond acceptors (Lipinski definition) is 3. The van der Waals surface area contributed by atoms with Gasteiger partial charge in [0.2, 0.25) is 0 Å². The molecule has 80 valence electrons. The first-order chi connectivity index (χ1) is 7.31. The quantitative estimate of drug-likeness (QED) is 0.805. The summed E-state index contributed by atoms with van der Waals surface area (Å²) in [6.45, 7) is 2.11. The highest BCUT2D eigenvalue weighted by Gasteiger charge is 2.10. The fourth-order valence-electron chi connectivity index (χ4n) is 1.53. The molecule has 2 heterocycles. The van der Waals surface area contributed by atoms with Crippen LogP contribution in [0, 0.1) is 0 Å². The third kappa shape index (κ3) is 2.10. The van der Waals surface area contributed by atoms with Crippen LogP contribution in [0.4, 0.5) is 0 Å². The maximum absolute atomic E-state index is 5.95. The van der Waals surface area contributed by atoms with Crippen LogP contribution in [0.1, 0.15) is 31.6 Å². The van der Waals surface area contributed by atoms with Crippen LogP contribution in [0.3, 0.4) is 0 Å². The Morgan fingerprint density at radius 3 is 3.13 bits per heavy atom. The van der Waals surface area contributed by atoms with E-state index in [1.165, 1.54) is 0 Å². The summed E-state index contributed by atoms with van der Waals surface area (Å²) >= 11 is 0. The molecule has 4 nitrogen and oxygen atoms in total. The van der Waals surface area contributed by atoms with E-state index in [2.05, 4.69) is 16.9 Å². The Bertz CT molecular complexity index is 405. The van der Waals surface area contributed by atoms with Gasteiger partial charge in [-0.3, -0.25) is 0 Å². The second kappa shape index (κ2) is 4.31. The van der Waals surface area contributed by atoms with Crippen LogP contribution in [-0.2, 0) is 0 Å². The molecular formula is C11H15N3O. The molecule has 0 radical (unpaired) electrons. The third-order valence-electron chi connectivity index (χ3n) is 2.33. The molecule has 3 N–H and O–H groups in total. The van der Waals surface area contributed by atoms with E-state index in [1.807, 2.05) is 12.1 Å². The van der Waals surface area contributed by atoms with E-state index in [0.717, 1.165) is 30.1 Å². The molecule has 0 aliphatic carbocycles. The van der Waals surface area contributed by atoms with Gasteiger partial charge in [0.05, 0.1) is 18.5 Å². The van der Waals surface area contributed by atoms with Gasteiger partial charge in [-0.25, -0.2) is 4.98 Å². The number of hydrogen-bond donors (Lipinski definition) is 2. The van der Waals surface area contributed by atoms with Crippen molar-refractivity contribution in [1.82, 2.24) is 9.97 Å². The van der Waals surface area contributed by atoms with Gasteiger partial charge in [0, 0.05) is 0 Å². The number of H-pyrrole nitrogens is 1. The molecule has 0 fully saturated rings. The Kier molecular flexibility index (Phi) is 2.87. The van der Waals surface area contributed by atoms with Crippen LogP contribution < -0.4 is 5.73 Å². The van der Waals surface area contributed by atoms with Crippen LogP contribution in [0.2, 0.25) is 0 Å². The summed E-state index contributed by atoms with van der Waals surface area (Å²) in [4.78, 5) is 7.42. The fraction of sp³-hybridized carbons (Fsp3) is 0.364. The fourth-order valence-corrected chi connectivity index (χ4v) is 1.53. The summed E-state index contributed by atoms with van der Waals surface area (Å²) in [6.07, 6.45) is 5.38. The van der Waals surface area contributed by atoms with Gasteiger partial charge in [-0.15, -0.1) is 0 Å². The molecule has 0 aliphatic rings. The van der Waals surface area contributed by atoms with Gasteiger partial charge in [0.15, 0.2) is 5.76 Å². The van der Waals surface area contributed by atoms with Crippen molar-refractivity contribution < 1.29 is 4.42 Å². The van der Waals surface area contributed by atoms with E-state index in [1.54, 1.807) is 12.5 Å². The molecule has 2 aromatic rings. The van der Waals surface area contributed by atoms with E-state index in [0.29, 0.717) is 0 Å². The summed E-state index contributed by atoms with van der Waals surface area (Å²) in [7, 11) is 0. The van der Waals surface area contributed by atoms with Crippen LogP contribution in [0.25, 0.3) is 11.5 Å². The van der Waals surface area contributed by atoms with E-state index >= 15 is 0 Å². The predicted octanol–water partition coefficient (Wildman–Crippen LogP) is 2.47. The molecule has 0 amide bonds. The minimum Gasteiger partial charge on any atom is -0.463 e. The number of aromatic amines is 1. The molecule has 1 unspecified atom stereocenters. The number of nitrogens with one attached hydrogen (secondary N) is 1. The Hall–Kier alpha value is -1.55. The molecule has 15 heavy (non-hydrogen) atoms. The first-order valence-electron chi connectivity index (χ1n) is 5.15. The molecular weight excluding hydrogens is 190 g/mol. The lowest BCUT2D eigenvalue weighted by atomic mass is 10.2. The van der Waals surface area contributed by atoms with Gasteiger partial charge >= 0.3 is 0 Å². The Morgan fingerprint density at radius 2 is 2.47 bits per heavy atom. The van der Waals surface area contributed by atoms with Crippen molar-refractivity contribution in [2.45, 2.75) is 25.8 Å². The normalized spacial score (nSPS) is 12.9. The average Bonchev–Trinajstić information content (AvgIpc) is 2.89. The molecule has 0 aliphatic heterocycles. The summed E-state index contributed by atoms with van der Waals surface area (Å²) < 4.78 is 5.26. The zero-order valence-electron chi connectivity index (χ0n) is 8.73. The lowest BCUT2D eigenvalue weighted by Crippen LogP contribution is -2.11. The van der Waals surface area contributed by atoms with Gasteiger partial charge in [-0.05, 0) is 18.6 Å². The van der Waals surface area contributed by atoms with Crippen LogP contribution in [-0.4, -0.2) is 9.97 Å². The Morgan fingerprint density at radius 1 is 1.60 bits per heavy atom. The molecule has 0 spiro atoms. The lowest BCUT2D eigenvalue weighted by Gasteiger charge is -2.05. The second-order valence-corrected chi connectivity index (χ2v) is 3.55. The van der Waals surface area contributed by atoms with Gasteiger partial charge in [-0.2, -0.15) is 0 Å². The number of furan rings is 1. The number of imidazole rings is 1. The van der Waals surface area contributed by atoms with Crippen LogP contribution >= 0.6 is 0 Å². The molecule has 1 atom stereocenters. The number of aromatic nitrogens is 2. The molecule has 0 saturated carbocycles. The Labute approximate surface area is 88.5 Å². The summed E-state index contributed by atoms with van der Waals surface area (Å²) in [5, 5.41) is 0. The maximum atomic E-state index is 5.95. The van der Waals surface area contributed by atoms with Crippen molar-refractivity contribution in [1.29, 1.82) is 0 Å². The van der Waals surface area contributed by atoms with Gasteiger partial charge in [-0.1, -0.05) is 13.3 Å². The number of nitrogens with two attached hydrogens (primary N) is 1. The molecule has 4 heteroatoms. The highest BCUT2D eigenvalue weighted by Crippen LogP contribution is 2.20. The van der Waals surface area contributed by atoms with E-state index < -0.39 is 0 Å². The van der Waals surface area contributed by atoms with Crippen molar-refractivity contribution in [3.8, 4) is 11.5 Å². The van der Waals surface area contributed by atoms with Crippen molar-refractivity contribution in [3.05, 3.63) is 30.4 Å². The monoisotopic (exact) mass is 205 g/mol. The van der Waals surface area contributed by atoms with Crippen molar-refractivity contribution in [2.24, 2.45) is 5.73 Å². The minimum absolute atomic E-state index is 0.0151. The van der Waals surface area contributed by atoms with Crippen molar-refractivity contribution >= 4 is 0 Å². The van der Waals surface area contributed by atoms with Gasteiger partial charge < -0.3 is 15.1 Å². The summed E-state index contributed by atoms with van der Waals surface area (Å²) in [5.41, 5.74) is 6.82. The lowest BCUT2D eigenvalue weighted by molar-refractivity contribution is 0.578. The van der Waals surface area contributed by atoms with Crippen LogP contribution in [0.15, 0.2) is 29.0 Å². The first kappa shape index (κ1) is 9.98. The zero-order valence-corrected chi connectivity index (χ0v) is 8.73. The number of rotatable bonds is 4. The SMILES string of the molecule is CCCC(N)c1ncc(-c2ccco2)[nH]1. The largest absolute Gasteiger partial charge is 0.463 e. The maximum Gasteiger partial charge on any atom is 0.151 e. The molecule has 0 aromatic carbocycles. The zero-order chi connectivity index (χ0) is 10.7. The molecule has 2 rings (SSSR count). The molecule has 0 saturated heterocycles. The third-order valence-corrected chi connectivity index (χ3v) is 2.33. The van der Waals surface area contributed by atoms with Crippen molar-refractivity contribution in [3.63, 3.8) is 0 Å². The van der Waals surface area contributed by atoms with Gasteiger partial charge in [0.1, 0.15) is 11.5 Å².